The maximum absolute atomic E-state index is 13.0. The van der Waals surface area contributed by atoms with E-state index in [1.54, 1.807) is 20.8 Å². The zero-order valence-corrected chi connectivity index (χ0v) is 13.3. The normalized spacial score (nSPS) is 12.3. The van der Waals surface area contributed by atoms with Crippen LogP contribution in [0, 0.1) is 20.8 Å². The van der Waals surface area contributed by atoms with Gasteiger partial charge in [-0.3, -0.25) is 0 Å². The van der Waals surface area contributed by atoms with Crippen LogP contribution in [-0.4, -0.2) is 30.0 Å². The first-order valence-electron chi connectivity index (χ1n) is 6.05. The Morgan fingerprint density at radius 1 is 1.00 bits per heavy atom. The zero-order chi connectivity index (χ0) is 16.1. The van der Waals surface area contributed by atoms with Gasteiger partial charge in [-0.1, -0.05) is 11.3 Å². The number of aryl methyl sites for hydroxylation is 2. The maximum Gasteiger partial charge on any atom is 0.453 e. The number of halogens is 3. The molecule has 3 heterocycles. The molecule has 116 valence electrons. The fourth-order valence-electron chi connectivity index (χ4n) is 1.78. The summed E-state index contributed by atoms with van der Waals surface area (Å²) in [5, 5.41) is 19.9. The first-order valence-corrected chi connectivity index (χ1v) is 7.68. The van der Waals surface area contributed by atoms with Crippen LogP contribution >= 0.6 is 23.1 Å². The van der Waals surface area contributed by atoms with Gasteiger partial charge in [0.05, 0.1) is 0 Å². The highest BCUT2D eigenvalue weighted by molar-refractivity contribution is 8.01. The summed E-state index contributed by atoms with van der Waals surface area (Å²) >= 11 is 2.53. The Labute approximate surface area is 130 Å². The Balaban J connectivity index is 2.16. The molecule has 0 atom stereocenters. The van der Waals surface area contributed by atoms with E-state index in [1.807, 2.05) is 0 Å². The molecule has 0 aliphatic heterocycles. The number of aromatic nitrogens is 6. The van der Waals surface area contributed by atoms with Crippen LogP contribution in [0.3, 0.4) is 0 Å². The molecule has 0 unspecified atom stereocenters. The Kier molecular flexibility index (Phi) is 3.56. The molecule has 0 aliphatic carbocycles. The van der Waals surface area contributed by atoms with E-state index < -0.39 is 12.0 Å². The predicted octanol–water partition coefficient (Wildman–Crippen LogP) is 3.07. The molecular weight excluding hydrogens is 337 g/mol. The van der Waals surface area contributed by atoms with Crippen molar-refractivity contribution in [3.05, 3.63) is 22.0 Å². The molecule has 0 spiro atoms. The van der Waals surface area contributed by atoms with Crippen molar-refractivity contribution in [1.82, 2.24) is 30.0 Å². The van der Waals surface area contributed by atoms with E-state index >= 15 is 0 Å². The average molecular weight is 346 g/mol. The van der Waals surface area contributed by atoms with Crippen LogP contribution in [0.25, 0.3) is 5.65 Å². The molecule has 6 nitrogen and oxygen atoms in total. The molecule has 3 rings (SSSR count). The Morgan fingerprint density at radius 3 is 2.32 bits per heavy atom. The van der Waals surface area contributed by atoms with E-state index in [1.165, 1.54) is 23.1 Å². The second kappa shape index (κ2) is 5.16. The lowest BCUT2D eigenvalue weighted by atomic mass is 10.2. The van der Waals surface area contributed by atoms with E-state index in [4.69, 9.17) is 0 Å². The first-order chi connectivity index (χ1) is 10.3. The quantitative estimate of drug-likeness (QED) is 0.710. The average Bonchev–Trinajstić information content (AvgIpc) is 3.01. The third-order valence-corrected chi connectivity index (χ3v) is 4.97. The summed E-state index contributed by atoms with van der Waals surface area (Å²) in [5.74, 6) is -1.14. The molecular formula is C11H9F3N6S2. The summed E-state index contributed by atoms with van der Waals surface area (Å²) < 4.78 is 40.2. The summed E-state index contributed by atoms with van der Waals surface area (Å²) in [5.41, 5.74) is 1.44. The maximum atomic E-state index is 13.0. The van der Waals surface area contributed by atoms with Crippen molar-refractivity contribution in [2.24, 2.45) is 0 Å². The van der Waals surface area contributed by atoms with Gasteiger partial charge in [-0.05, 0) is 38.1 Å². The highest BCUT2D eigenvalue weighted by Crippen LogP contribution is 2.34. The Morgan fingerprint density at radius 2 is 1.73 bits per heavy atom. The van der Waals surface area contributed by atoms with Gasteiger partial charge in [0.25, 0.3) is 5.82 Å². The Hall–Kier alpha value is -1.75. The van der Waals surface area contributed by atoms with Crippen LogP contribution in [0.5, 0.6) is 0 Å². The number of alkyl halides is 3. The largest absolute Gasteiger partial charge is 0.453 e. The SMILES string of the molecule is Cc1nnc(Sc2nn3c(C(F)(F)F)nnc3c(C)c2C)s1. The summed E-state index contributed by atoms with van der Waals surface area (Å²) in [6.07, 6.45) is -4.62. The van der Waals surface area contributed by atoms with Gasteiger partial charge in [0.15, 0.2) is 9.99 Å². The smallest absolute Gasteiger partial charge is 0.187 e. The lowest BCUT2D eigenvalue weighted by Crippen LogP contribution is -2.13. The standard InChI is InChI=1S/C11H9F3N6S2/c1-4-5(2)8(22-10-18-15-6(3)21-10)19-20-7(4)16-17-9(20)11(12,13)14/h1-3H3. The molecule has 0 aromatic carbocycles. The monoisotopic (exact) mass is 346 g/mol. The molecule has 0 bridgehead atoms. The molecule has 0 saturated heterocycles. The van der Waals surface area contributed by atoms with Crippen LogP contribution in [0.4, 0.5) is 13.2 Å². The molecule has 0 radical (unpaired) electrons. The lowest BCUT2D eigenvalue weighted by molar-refractivity contribution is -0.146. The van der Waals surface area contributed by atoms with Crippen LogP contribution in [0.15, 0.2) is 9.37 Å². The third kappa shape index (κ3) is 2.54. The highest BCUT2D eigenvalue weighted by atomic mass is 32.2. The van der Waals surface area contributed by atoms with Gasteiger partial charge in [0, 0.05) is 5.56 Å². The fraction of sp³-hybridized carbons (Fsp3) is 0.364. The summed E-state index contributed by atoms with van der Waals surface area (Å²) in [6, 6.07) is 0. The summed E-state index contributed by atoms with van der Waals surface area (Å²) in [4.78, 5) is 0. The van der Waals surface area contributed by atoms with Gasteiger partial charge < -0.3 is 0 Å². The van der Waals surface area contributed by atoms with E-state index in [0.29, 0.717) is 14.9 Å². The number of hydrogen-bond donors (Lipinski definition) is 0. The number of hydrogen-bond acceptors (Lipinski definition) is 7. The number of nitrogens with zero attached hydrogens (tertiary/aromatic N) is 6. The van der Waals surface area contributed by atoms with Gasteiger partial charge in [-0.25, -0.2) is 0 Å². The van der Waals surface area contributed by atoms with Gasteiger partial charge >= 0.3 is 6.18 Å². The van der Waals surface area contributed by atoms with Crippen LogP contribution < -0.4 is 0 Å². The highest BCUT2D eigenvalue weighted by Gasteiger charge is 2.38. The van der Waals surface area contributed by atoms with Gasteiger partial charge in [0.1, 0.15) is 10.0 Å². The molecule has 0 N–H and O–H groups in total. The van der Waals surface area contributed by atoms with Crippen molar-refractivity contribution in [3.8, 4) is 0 Å². The molecule has 3 aromatic rings. The summed E-state index contributed by atoms with van der Waals surface area (Å²) in [7, 11) is 0. The molecule has 0 fully saturated rings. The zero-order valence-electron chi connectivity index (χ0n) is 11.6. The third-order valence-electron chi connectivity index (χ3n) is 3.00. The van der Waals surface area contributed by atoms with E-state index in [0.717, 1.165) is 15.1 Å². The van der Waals surface area contributed by atoms with Gasteiger partial charge in [-0.15, -0.1) is 20.4 Å². The van der Waals surface area contributed by atoms with Crippen molar-refractivity contribution in [3.63, 3.8) is 0 Å². The van der Waals surface area contributed by atoms with Crippen LogP contribution in [0.1, 0.15) is 22.0 Å². The molecule has 11 heteroatoms. The van der Waals surface area contributed by atoms with Crippen molar-refractivity contribution in [1.29, 1.82) is 0 Å². The van der Waals surface area contributed by atoms with E-state index in [9.17, 15) is 13.2 Å². The second-order valence-corrected chi connectivity index (χ2v) is 6.92. The first kappa shape index (κ1) is 15.2. The minimum atomic E-state index is -4.62. The van der Waals surface area contributed by atoms with Crippen molar-refractivity contribution >= 4 is 28.7 Å². The predicted molar refractivity (Wildman–Crippen MR) is 74.0 cm³/mol. The number of fused-ring (bicyclic) bond motifs is 1. The molecule has 22 heavy (non-hydrogen) atoms. The van der Waals surface area contributed by atoms with Crippen molar-refractivity contribution in [2.75, 3.05) is 0 Å². The minimum Gasteiger partial charge on any atom is -0.187 e. The Bertz CT molecular complexity index is 853. The molecule has 3 aromatic heterocycles. The minimum absolute atomic E-state index is 0.0996. The molecule has 0 aliphatic rings. The van der Waals surface area contributed by atoms with E-state index in [-0.39, 0.29) is 5.65 Å². The van der Waals surface area contributed by atoms with Gasteiger partial charge in [-0.2, -0.15) is 22.8 Å². The van der Waals surface area contributed by atoms with Crippen molar-refractivity contribution in [2.45, 2.75) is 36.3 Å². The van der Waals surface area contributed by atoms with Crippen LogP contribution in [-0.2, 0) is 6.18 Å². The van der Waals surface area contributed by atoms with Crippen LogP contribution in [0.2, 0.25) is 0 Å². The topological polar surface area (TPSA) is 68.9 Å². The lowest BCUT2D eigenvalue weighted by Gasteiger charge is -2.09. The fourth-order valence-corrected chi connectivity index (χ4v) is 3.64. The molecule has 0 saturated carbocycles. The summed E-state index contributed by atoms with van der Waals surface area (Å²) in [6.45, 7) is 5.27. The van der Waals surface area contributed by atoms with Crippen molar-refractivity contribution < 1.29 is 13.2 Å². The van der Waals surface area contributed by atoms with E-state index in [2.05, 4.69) is 25.5 Å². The molecule has 0 amide bonds. The van der Waals surface area contributed by atoms with Gasteiger partial charge in [0.2, 0.25) is 0 Å². The second-order valence-electron chi connectivity index (χ2n) is 4.50. The number of rotatable bonds is 2.